The smallest absolute Gasteiger partial charge is 0.316 e. The van der Waals surface area contributed by atoms with Gasteiger partial charge in [-0.05, 0) is 41.7 Å². The zero-order valence-electron chi connectivity index (χ0n) is 22.9. The summed E-state index contributed by atoms with van der Waals surface area (Å²) >= 11 is 0. The molecule has 0 radical (unpaired) electrons. The van der Waals surface area contributed by atoms with Crippen molar-refractivity contribution in [1.82, 2.24) is 5.32 Å². The van der Waals surface area contributed by atoms with Crippen LogP contribution in [0.5, 0.6) is 17.2 Å². The molecule has 1 N–H and O–H groups in total. The number of carbonyl (C=O) groups is 2. The van der Waals surface area contributed by atoms with Crippen LogP contribution in [0.1, 0.15) is 41.4 Å². The Balaban J connectivity index is 1.54. The summed E-state index contributed by atoms with van der Waals surface area (Å²) in [4.78, 5) is 27.6. The number of ether oxygens (including phenoxy) is 4. The van der Waals surface area contributed by atoms with Gasteiger partial charge in [-0.1, -0.05) is 55.1 Å². The van der Waals surface area contributed by atoms with E-state index in [0.717, 1.165) is 22.6 Å². The van der Waals surface area contributed by atoms with Gasteiger partial charge in [-0.15, -0.1) is 0 Å². The molecule has 5 rings (SSSR count). The molecule has 0 fully saturated rings. The van der Waals surface area contributed by atoms with Crippen molar-refractivity contribution in [3.05, 3.63) is 113 Å². The first kappa shape index (κ1) is 27.1. The summed E-state index contributed by atoms with van der Waals surface area (Å²) in [5.41, 5.74) is 4.47. The van der Waals surface area contributed by atoms with E-state index in [2.05, 4.69) is 11.9 Å². The number of methoxy groups -OCH3 is 3. The van der Waals surface area contributed by atoms with Crippen molar-refractivity contribution >= 4 is 11.8 Å². The standard InChI is InChI=1S/C33H33NO6/c1-20-30(33(36)40-19-21-8-6-5-7-9-21)31(26-15-14-25(38-3)18-29(26)39-4)32-27(34-20)16-23(17-28(32)35)22-10-12-24(37-2)13-11-22/h5-15,18,23,30-31,34H,1,16-17,19H2,2-4H3. The SMILES string of the molecule is C=C1NC2=C(C(=O)CC(c3ccc(OC)cc3)C2)C(c2ccc(OC)cc2OC)C1C(=O)OCc1ccccc1. The lowest BCUT2D eigenvalue weighted by atomic mass is 9.69. The number of allylic oxidation sites excluding steroid dienone is 2. The maximum absolute atomic E-state index is 13.9. The van der Waals surface area contributed by atoms with Crippen molar-refractivity contribution in [2.75, 3.05) is 21.3 Å². The topological polar surface area (TPSA) is 83.1 Å². The average Bonchev–Trinajstić information content (AvgIpc) is 2.99. The third-order valence-corrected chi connectivity index (χ3v) is 7.68. The van der Waals surface area contributed by atoms with Gasteiger partial charge in [0.15, 0.2) is 5.78 Å². The molecule has 3 atom stereocenters. The molecule has 2 aliphatic rings. The molecule has 0 spiro atoms. The van der Waals surface area contributed by atoms with Gasteiger partial charge >= 0.3 is 5.97 Å². The van der Waals surface area contributed by atoms with Crippen LogP contribution in [0.3, 0.4) is 0 Å². The highest BCUT2D eigenvalue weighted by atomic mass is 16.5. The van der Waals surface area contributed by atoms with Crippen LogP contribution in [0, 0.1) is 5.92 Å². The summed E-state index contributed by atoms with van der Waals surface area (Å²) in [6.45, 7) is 4.35. The molecule has 206 valence electrons. The summed E-state index contributed by atoms with van der Waals surface area (Å²) in [6.07, 6.45) is 0.924. The number of hydrogen-bond acceptors (Lipinski definition) is 7. The summed E-state index contributed by atoms with van der Waals surface area (Å²) in [7, 11) is 4.77. The van der Waals surface area contributed by atoms with E-state index < -0.39 is 17.8 Å². The molecule has 0 amide bonds. The van der Waals surface area contributed by atoms with E-state index in [1.807, 2.05) is 66.7 Å². The Hall–Kier alpha value is -4.52. The minimum Gasteiger partial charge on any atom is -0.497 e. The summed E-state index contributed by atoms with van der Waals surface area (Å²) < 4.78 is 22.2. The number of benzene rings is 3. The number of esters is 1. The van der Waals surface area contributed by atoms with E-state index >= 15 is 0 Å². The van der Waals surface area contributed by atoms with Crippen LogP contribution in [0.4, 0.5) is 0 Å². The van der Waals surface area contributed by atoms with Gasteiger partial charge < -0.3 is 24.3 Å². The van der Waals surface area contributed by atoms with E-state index in [4.69, 9.17) is 18.9 Å². The van der Waals surface area contributed by atoms with Crippen molar-refractivity contribution < 1.29 is 28.5 Å². The van der Waals surface area contributed by atoms with Crippen LogP contribution < -0.4 is 19.5 Å². The molecular formula is C33H33NO6. The summed E-state index contributed by atoms with van der Waals surface area (Å²) in [6, 6.07) is 22.7. The van der Waals surface area contributed by atoms with Gasteiger partial charge in [-0.25, -0.2) is 0 Å². The predicted molar refractivity (Wildman–Crippen MR) is 151 cm³/mol. The lowest BCUT2D eigenvalue weighted by Gasteiger charge is -2.40. The van der Waals surface area contributed by atoms with Gasteiger partial charge in [-0.2, -0.15) is 0 Å². The monoisotopic (exact) mass is 539 g/mol. The first-order chi connectivity index (χ1) is 19.4. The lowest BCUT2D eigenvalue weighted by molar-refractivity contribution is -0.149. The summed E-state index contributed by atoms with van der Waals surface area (Å²) in [5.74, 6) is -0.0526. The Labute approximate surface area is 234 Å². The van der Waals surface area contributed by atoms with Crippen molar-refractivity contribution in [3.8, 4) is 17.2 Å². The molecule has 0 aromatic heterocycles. The molecule has 0 saturated heterocycles. The second-order valence-corrected chi connectivity index (χ2v) is 10.0. The van der Waals surface area contributed by atoms with E-state index in [9.17, 15) is 9.59 Å². The highest BCUT2D eigenvalue weighted by molar-refractivity contribution is 6.01. The van der Waals surface area contributed by atoms with E-state index in [1.54, 1.807) is 27.4 Å². The quantitative estimate of drug-likeness (QED) is 0.369. The normalized spacial score (nSPS) is 20.3. The van der Waals surface area contributed by atoms with Crippen molar-refractivity contribution in [3.63, 3.8) is 0 Å². The molecule has 0 saturated carbocycles. The fraction of sp³-hybridized carbons (Fsp3) is 0.273. The highest BCUT2D eigenvalue weighted by Gasteiger charge is 2.46. The molecule has 7 heteroatoms. The first-order valence-corrected chi connectivity index (χ1v) is 13.2. The zero-order chi connectivity index (χ0) is 28.2. The van der Waals surface area contributed by atoms with Crippen LogP contribution in [0.15, 0.2) is 96.3 Å². The predicted octanol–water partition coefficient (Wildman–Crippen LogP) is 5.67. The second kappa shape index (κ2) is 11.7. The molecule has 3 aromatic rings. The van der Waals surface area contributed by atoms with Gasteiger partial charge in [0.05, 0.1) is 21.3 Å². The fourth-order valence-corrected chi connectivity index (χ4v) is 5.67. The van der Waals surface area contributed by atoms with Crippen LogP contribution in [0.2, 0.25) is 0 Å². The van der Waals surface area contributed by atoms with E-state index in [0.29, 0.717) is 41.2 Å². The number of hydrogen-bond donors (Lipinski definition) is 1. The van der Waals surface area contributed by atoms with Gasteiger partial charge in [0.1, 0.15) is 29.8 Å². The number of rotatable bonds is 8. The van der Waals surface area contributed by atoms with E-state index in [1.165, 1.54) is 0 Å². The Morgan fingerprint density at radius 3 is 2.27 bits per heavy atom. The Kier molecular flexibility index (Phi) is 7.91. The number of nitrogens with one attached hydrogen (secondary N) is 1. The molecule has 1 aliphatic heterocycles. The summed E-state index contributed by atoms with van der Waals surface area (Å²) in [5, 5.41) is 3.33. The molecule has 3 aromatic carbocycles. The van der Waals surface area contributed by atoms with Crippen molar-refractivity contribution in [2.45, 2.75) is 31.3 Å². The number of Topliss-reactive ketones (excluding diaryl/α,β-unsaturated/α-hetero) is 1. The van der Waals surface area contributed by atoms with E-state index in [-0.39, 0.29) is 18.3 Å². The molecule has 40 heavy (non-hydrogen) atoms. The van der Waals surface area contributed by atoms with Crippen molar-refractivity contribution in [1.29, 1.82) is 0 Å². The van der Waals surface area contributed by atoms with Gasteiger partial charge in [0.25, 0.3) is 0 Å². The number of ketones is 1. The average molecular weight is 540 g/mol. The third-order valence-electron chi connectivity index (χ3n) is 7.68. The molecule has 7 nitrogen and oxygen atoms in total. The number of carbonyl (C=O) groups excluding carboxylic acids is 2. The molecule has 1 aliphatic carbocycles. The van der Waals surface area contributed by atoms with Crippen LogP contribution in [-0.2, 0) is 20.9 Å². The fourth-order valence-electron chi connectivity index (χ4n) is 5.67. The minimum absolute atomic E-state index is 0.0162. The van der Waals surface area contributed by atoms with Gasteiger partial charge in [0, 0.05) is 40.9 Å². The lowest BCUT2D eigenvalue weighted by Crippen LogP contribution is -2.42. The van der Waals surface area contributed by atoms with Gasteiger partial charge in [0.2, 0.25) is 0 Å². The molecule has 3 unspecified atom stereocenters. The van der Waals surface area contributed by atoms with Crippen molar-refractivity contribution in [2.24, 2.45) is 5.92 Å². The first-order valence-electron chi connectivity index (χ1n) is 13.2. The van der Waals surface area contributed by atoms with Crippen LogP contribution in [-0.4, -0.2) is 33.1 Å². The van der Waals surface area contributed by atoms with Gasteiger partial charge in [-0.3, -0.25) is 9.59 Å². The third kappa shape index (κ3) is 5.32. The molecule has 1 heterocycles. The Morgan fingerprint density at radius 2 is 1.60 bits per heavy atom. The highest BCUT2D eigenvalue weighted by Crippen LogP contribution is 2.49. The maximum Gasteiger partial charge on any atom is 0.316 e. The zero-order valence-corrected chi connectivity index (χ0v) is 22.9. The molecular weight excluding hydrogens is 506 g/mol. The van der Waals surface area contributed by atoms with Crippen LogP contribution in [0.25, 0.3) is 0 Å². The largest absolute Gasteiger partial charge is 0.497 e. The maximum atomic E-state index is 13.9. The van der Waals surface area contributed by atoms with Crippen LogP contribution >= 0.6 is 0 Å². The minimum atomic E-state index is -0.828. The second-order valence-electron chi connectivity index (χ2n) is 10.0. The Bertz CT molecular complexity index is 1440. The Morgan fingerprint density at radius 1 is 0.900 bits per heavy atom. The molecule has 0 bridgehead atoms.